The largest absolute Gasteiger partial charge is 0.397 e. The molecule has 0 saturated heterocycles. The molecule has 0 aromatic heterocycles. The normalized spacial score (nSPS) is 12.7. The maximum atomic E-state index is 12.4. The third kappa shape index (κ3) is 3.44. The predicted molar refractivity (Wildman–Crippen MR) is 81.3 cm³/mol. The molecule has 114 valence electrons. The number of halogens is 1. The summed E-state index contributed by atoms with van der Waals surface area (Å²) in [5, 5.41) is 9.82. The van der Waals surface area contributed by atoms with E-state index in [1.807, 2.05) is 13.8 Å². The minimum absolute atomic E-state index is 0.0524. The molecule has 0 radical (unpaired) electrons. The number of hydrogen-bond donors (Lipinski definition) is 3. The van der Waals surface area contributed by atoms with E-state index in [4.69, 9.17) is 17.3 Å². The molecule has 0 saturated carbocycles. The molecule has 4 N–H and O–H groups in total. The van der Waals surface area contributed by atoms with Crippen LogP contribution >= 0.6 is 11.6 Å². The van der Waals surface area contributed by atoms with Crippen LogP contribution in [0.2, 0.25) is 5.02 Å². The van der Waals surface area contributed by atoms with Crippen LogP contribution in [0.3, 0.4) is 0 Å². The van der Waals surface area contributed by atoms with Gasteiger partial charge in [-0.25, -0.2) is 13.1 Å². The van der Waals surface area contributed by atoms with Gasteiger partial charge in [0.05, 0.1) is 27.8 Å². The summed E-state index contributed by atoms with van der Waals surface area (Å²) in [7, 11) is -3.76. The average Bonchev–Trinajstić information content (AvgIpc) is 2.41. The van der Waals surface area contributed by atoms with Gasteiger partial charge in [0, 0.05) is 0 Å². The van der Waals surface area contributed by atoms with Crippen LogP contribution < -0.4 is 10.5 Å². The van der Waals surface area contributed by atoms with Crippen molar-refractivity contribution in [1.29, 1.82) is 0 Å². The standard InChI is InChI=1S/C13H21ClN2O3S/c1-4-13(5-2,8-17)16-20(18,19)10-6-9(3)12(14)11(15)7-10/h6-7,16-17H,4-5,8,15H2,1-3H3. The topological polar surface area (TPSA) is 92.4 Å². The Kier molecular flexibility index (Phi) is 5.43. The van der Waals surface area contributed by atoms with Crippen LogP contribution in [-0.4, -0.2) is 25.7 Å². The fraction of sp³-hybridized carbons (Fsp3) is 0.538. The molecular formula is C13H21ClN2O3S. The molecule has 1 aromatic carbocycles. The van der Waals surface area contributed by atoms with E-state index in [0.717, 1.165) is 0 Å². The zero-order chi connectivity index (χ0) is 15.6. The van der Waals surface area contributed by atoms with Gasteiger partial charge in [-0.1, -0.05) is 25.4 Å². The summed E-state index contributed by atoms with van der Waals surface area (Å²) in [5.41, 5.74) is 5.66. The lowest BCUT2D eigenvalue weighted by atomic mass is 9.96. The van der Waals surface area contributed by atoms with Crippen LogP contribution in [0.15, 0.2) is 17.0 Å². The molecule has 0 heterocycles. The van der Waals surface area contributed by atoms with Gasteiger partial charge < -0.3 is 10.8 Å². The van der Waals surface area contributed by atoms with Crippen LogP contribution in [0.1, 0.15) is 32.3 Å². The molecular weight excluding hydrogens is 300 g/mol. The summed E-state index contributed by atoms with van der Waals surface area (Å²) in [6.07, 6.45) is 0.975. The summed E-state index contributed by atoms with van der Waals surface area (Å²) >= 11 is 5.93. The molecule has 0 atom stereocenters. The number of aliphatic hydroxyl groups is 1. The number of anilines is 1. The summed E-state index contributed by atoms with van der Waals surface area (Å²) in [6.45, 7) is 5.07. The van der Waals surface area contributed by atoms with Gasteiger partial charge in [-0.15, -0.1) is 0 Å². The molecule has 0 bridgehead atoms. The van der Waals surface area contributed by atoms with Crippen LogP contribution in [0.4, 0.5) is 5.69 Å². The molecule has 20 heavy (non-hydrogen) atoms. The van der Waals surface area contributed by atoms with E-state index in [-0.39, 0.29) is 17.2 Å². The van der Waals surface area contributed by atoms with E-state index >= 15 is 0 Å². The first-order valence-corrected chi connectivity index (χ1v) is 8.28. The highest BCUT2D eigenvalue weighted by molar-refractivity contribution is 7.89. The van der Waals surface area contributed by atoms with Gasteiger partial charge >= 0.3 is 0 Å². The monoisotopic (exact) mass is 320 g/mol. The Morgan fingerprint density at radius 1 is 1.35 bits per heavy atom. The first kappa shape index (κ1) is 17.2. The van der Waals surface area contributed by atoms with Crippen molar-refractivity contribution in [2.75, 3.05) is 12.3 Å². The third-order valence-corrected chi connectivity index (χ3v) is 5.65. The van der Waals surface area contributed by atoms with E-state index in [9.17, 15) is 13.5 Å². The fourth-order valence-electron chi connectivity index (χ4n) is 1.91. The van der Waals surface area contributed by atoms with Gasteiger partial charge in [-0.3, -0.25) is 0 Å². The Bertz CT molecular complexity index is 552. The van der Waals surface area contributed by atoms with Gasteiger partial charge in [0.25, 0.3) is 0 Å². The minimum Gasteiger partial charge on any atom is -0.397 e. The summed E-state index contributed by atoms with van der Waals surface area (Å²) in [5.74, 6) is 0. The van der Waals surface area contributed by atoms with E-state index in [0.29, 0.717) is 23.4 Å². The van der Waals surface area contributed by atoms with E-state index < -0.39 is 15.6 Å². The molecule has 1 rings (SSSR count). The maximum Gasteiger partial charge on any atom is 0.241 e. The van der Waals surface area contributed by atoms with Gasteiger partial charge in [0.15, 0.2) is 0 Å². The Balaban J connectivity index is 3.24. The number of rotatable bonds is 6. The molecule has 0 aliphatic heterocycles. The van der Waals surface area contributed by atoms with Crippen molar-refractivity contribution in [1.82, 2.24) is 4.72 Å². The van der Waals surface area contributed by atoms with Crippen molar-refractivity contribution >= 4 is 27.3 Å². The number of nitrogen functional groups attached to an aromatic ring is 1. The SMILES string of the molecule is CCC(CC)(CO)NS(=O)(=O)c1cc(C)c(Cl)c(N)c1. The van der Waals surface area contributed by atoms with Crippen molar-refractivity contribution < 1.29 is 13.5 Å². The smallest absolute Gasteiger partial charge is 0.241 e. The molecule has 1 aromatic rings. The third-order valence-electron chi connectivity index (χ3n) is 3.57. The number of aryl methyl sites for hydroxylation is 1. The second-order valence-corrected chi connectivity index (χ2v) is 6.95. The van der Waals surface area contributed by atoms with E-state index in [1.165, 1.54) is 12.1 Å². The van der Waals surface area contributed by atoms with Gasteiger partial charge in [-0.05, 0) is 37.5 Å². The second-order valence-electron chi connectivity index (χ2n) is 4.89. The molecule has 7 heteroatoms. The number of benzene rings is 1. The Morgan fingerprint density at radius 2 is 1.90 bits per heavy atom. The van der Waals surface area contributed by atoms with Crippen molar-refractivity contribution in [3.63, 3.8) is 0 Å². The lowest BCUT2D eigenvalue weighted by molar-refractivity contribution is 0.172. The summed E-state index contributed by atoms with van der Waals surface area (Å²) in [6, 6.07) is 2.79. The highest BCUT2D eigenvalue weighted by atomic mass is 35.5. The lowest BCUT2D eigenvalue weighted by Crippen LogP contribution is -2.50. The number of aliphatic hydroxyl groups excluding tert-OH is 1. The molecule has 5 nitrogen and oxygen atoms in total. The number of hydrogen-bond acceptors (Lipinski definition) is 4. The molecule has 0 aliphatic carbocycles. The minimum atomic E-state index is -3.76. The number of nitrogens with one attached hydrogen (secondary N) is 1. The average molecular weight is 321 g/mol. The van der Waals surface area contributed by atoms with E-state index in [2.05, 4.69) is 4.72 Å². The summed E-state index contributed by atoms with van der Waals surface area (Å²) < 4.78 is 27.4. The molecule has 0 spiro atoms. The number of sulfonamides is 1. The predicted octanol–water partition coefficient (Wildman–Crippen LogP) is 2.06. The Hall–Kier alpha value is -0.820. The van der Waals surface area contributed by atoms with Gasteiger partial charge in [0.1, 0.15) is 0 Å². The van der Waals surface area contributed by atoms with Crippen molar-refractivity contribution in [2.45, 2.75) is 44.0 Å². The molecule has 0 unspecified atom stereocenters. The van der Waals surface area contributed by atoms with Gasteiger partial charge in [0.2, 0.25) is 10.0 Å². The quantitative estimate of drug-likeness (QED) is 0.699. The maximum absolute atomic E-state index is 12.4. The van der Waals surface area contributed by atoms with Crippen LogP contribution in [0.5, 0.6) is 0 Å². The Labute approximate surface area is 125 Å². The van der Waals surface area contributed by atoms with Crippen LogP contribution in [0, 0.1) is 6.92 Å². The first-order chi connectivity index (χ1) is 9.21. The van der Waals surface area contributed by atoms with Crippen molar-refractivity contribution in [3.8, 4) is 0 Å². The van der Waals surface area contributed by atoms with Crippen molar-refractivity contribution in [2.24, 2.45) is 0 Å². The Morgan fingerprint density at radius 3 is 2.30 bits per heavy atom. The fourth-order valence-corrected chi connectivity index (χ4v) is 3.68. The van der Waals surface area contributed by atoms with Crippen LogP contribution in [-0.2, 0) is 10.0 Å². The first-order valence-electron chi connectivity index (χ1n) is 6.42. The molecule has 0 amide bonds. The highest BCUT2D eigenvalue weighted by Crippen LogP contribution is 2.28. The molecule has 0 aliphatic rings. The van der Waals surface area contributed by atoms with Crippen LogP contribution in [0.25, 0.3) is 0 Å². The zero-order valence-electron chi connectivity index (χ0n) is 11.9. The van der Waals surface area contributed by atoms with Crippen molar-refractivity contribution in [3.05, 3.63) is 22.7 Å². The zero-order valence-corrected chi connectivity index (χ0v) is 13.5. The number of nitrogens with two attached hydrogens (primary N) is 1. The molecule has 0 fully saturated rings. The lowest BCUT2D eigenvalue weighted by Gasteiger charge is -2.30. The van der Waals surface area contributed by atoms with Gasteiger partial charge in [-0.2, -0.15) is 0 Å². The van der Waals surface area contributed by atoms with E-state index in [1.54, 1.807) is 6.92 Å². The highest BCUT2D eigenvalue weighted by Gasteiger charge is 2.31. The summed E-state index contributed by atoms with van der Waals surface area (Å²) in [4.78, 5) is 0.0524. The second kappa shape index (κ2) is 6.30.